The van der Waals surface area contributed by atoms with Crippen molar-refractivity contribution in [2.75, 3.05) is 25.0 Å². The van der Waals surface area contributed by atoms with Crippen LogP contribution in [0.2, 0.25) is 0 Å². The van der Waals surface area contributed by atoms with Crippen molar-refractivity contribution in [1.82, 2.24) is 24.8 Å². The second-order valence-corrected chi connectivity index (χ2v) is 7.53. The summed E-state index contributed by atoms with van der Waals surface area (Å²) in [5.74, 6) is 0.363. The van der Waals surface area contributed by atoms with E-state index in [1.54, 1.807) is 0 Å². The highest BCUT2D eigenvalue weighted by molar-refractivity contribution is 7.80. The number of ether oxygens (including phenoxy) is 1. The van der Waals surface area contributed by atoms with Crippen molar-refractivity contribution in [1.29, 1.82) is 5.41 Å². The summed E-state index contributed by atoms with van der Waals surface area (Å²) in [5.41, 5.74) is 6.08. The van der Waals surface area contributed by atoms with Crippen LogP contribution < -0.4 is 16.4 Å². The number of unbranched alkanes of at least 4 members (excludes halogenated alkanes) is 3. The molecular formula is C17H28N8O4S. The molecule has 13 heteroatoms. The molecule has 1 saturated heterocycles. The molecule has 0 bridgehead atoms. The molecule has 30 heavy (non-hydrogen) atoms. The predicted molar refractivity (Wildman–Crippen MR) is 112 cm³/mol. The van der Waals surface area contributed by atoms with Gasteiger partial charge in [-0.05, 0) is 12.8 Å². The van der Waals surface area contributed by atoms with Crippen LogP contribution in [-0.4, -0.2) is 78.8 Å². The lowest BCUT2D eigenvalue weighted by atomic mass is 10.1. The van der Waals surface area contributed by atoms with Crippen LogP contribution in [0.1, 0.15) is 31.9 Å². The number of aromatic nitrogens is 4. The van der Waals surface area contributed by atoms with Crippen LogP contribution in [0.4, 0.5) is 5.95 Å². The number of hydrogen-bond acceptors (Lipinski definition) is 10. The minimum absolute atomic E-state index is 0.0112. The van der Waals surface area contributed by atoms with Crippen LogP contribution in [0.5, 0.6) is 0 Å². The molecule has 0 aliphatic carbocycles. The summed E-state index contributed by atoms with van der Waals surface area (Å²) < 4.78 is 7.08. The number of nitrogens with two attached hydrogens (primary N) is 1. The normalized spacial score (nSPS) is 23.7. The van der Waals surface area contributed by atoms with E-state index in [1.807, 2.05) is 0 Å². The summed E-state index contributed by atoms with van der Waals surface area (Å²) in [6, 6.07) is 0. The number of hydrogen-bond donors (Lipinski definition) is 8. The van der Waals surface area contributed by atoms with Gasteiger partial charge in [-0.25, -0.2) is 9.97 Å². The molecule has 3 heterocycles. The number of rotatable bonds is 10. The summed E-state index contributed by atoms with van der Waals surface area (Å²) in [5, 5.41) is 43.0. The molecule has 2 aromatic rings. The maximum Gasteiger partial charge on any atom is 0.225 e. The molecule has 12 nitrogen and oxygen atoms in total. The van der Waals surface area contributed by atoms with Crippen molar-refractivity contribution in [3.63, 3.8) is 0 Å². The summed E-state index contributed by atoms with van der Waals surface area (Å²) in [6.07, 6.45) is 1.05. The fourth-order valence-electron chi connectivity index (χ4n) is 3.30. The van der Waals surface area contributed by atoms with E-state index in [0.29, 0.717) is 35.2 Å². The molecular weight excluding hydrogens is 412 g/mol. The van der Waals surface area contributed by atoms with E-state index in [0.717, 1.165) is 25.7 Å². The second kappa shape index (κ2) is 10.2. The van der Waals surface area contributed by atoms with Crippen LogP contribution in [-0.2, 0) is 4.74 Å². The minimum atomic E-state index is -1.23. The fourth-order valence-corrected chi connectivity index (χ4v) is 3.56. The Morgan fingerprint density at radius 2 is 1.93 bits per heavy atom. The number of aliphatic hydroxyl groups is 3. The summed E-state index contributed by atoms with van der Waals surface area (Å²) in [4.78, 5) is 13.0. The largest absolute Gasteiger partial charge is 0.394 e. The van der Waals surface area contributed by atoms with Crippen molar-refractivity contribution in [3.05, 3.63) is 6.33 Å². The zero-order valence-corrected chi connectivity index (χ0v) is 17.3. The molecule has 1 fully saturated rings. The van der Waals surface area contributed by atoms with Crippen molar-refractivity contribution < 1.29 is 20.1 Å². The Hall–Kier alpha value is -2.19. The molecule has 1 unspecified atom stereocenters. The third-order valence-electron chi connectivity index (χ3n) is 4.90. The van der Waals surface area contributed by atoms with Crippen molar-refractivity contribution in [2.24, 2.45) is 5.73 Å². The molecule has 0 aromatic carbocycles. The van der Waals surface area contributed by atoms with E-state index in [-0.39, 0.29) is 5.96 Å². The van der Waals surface area contributed by atoms with Crippen LogP contribution in [0.15, 0.2) is 11.4 Å². The SMILES string of the molecule is N=C(N)NCCCCCCNc1nc(S)c2ncn([C@@H]3O[C@H](CO)[C@H](O)C3O)c2n1. The highest BCUT2D eigenvalue weighted by atomic mass is 32.1. The van der Waals surface area contributed by atoms with Crippen LogP contribution in [0, 0.1) is 5.41 Å². The van der Waals surface area contributed by atoms with Gasteiger partial charge < -0.3 is 36.4 Å². The van der Waals surface area contributed by atoms with Gasteiger partial charge >= 0.3 is 0 Å². The molecule has 3 rings (SSSR count). The average molecular weight is 441 g/mol. The lowest BCUT2D eigenvalue weighted by molar-refractivity contribution is -0.0511. The zero-order chi connectivity index (χ0) is 21.7. The van der Waals surface area contributed by atoms with Gasteiger partial charge in [-0.15, -0.1) is 12.6 Å². The number of aliphatic hydroxyl groups excluding tert-OH is 3. The van der Waals surface area contributed by atoms with Gasteiger partial charge in [0.25, 0.3) is 0 Å². The van der Waals surface area contributed by atoms with Crippen LogP contribution in [0.25, 0.3) is 11.2 Å². The van der Waals surface area contributed by atoms with E-state index < -0.39 is 31.1 Å². The lowest BCUT2D eigenvalue weighted by Gasteiger charge is -2.16. The Kier molecular flexibility index (Phi) is 7.66. The monoisotopic (exact) mass is 440 g/mol. The Bertz CT molecular complexity index is 866. The number of guanidine groups is 1. The predicted octanol–water partition coefficient (Wildman–Crippen LogP) is -0.818. The summed E-state index contributed by atoms with van der Waals surface area (Å²) >= 11 is 4.38. The van der Waals surface area contributed by atoms with Crippen LogP contribution >= 0.6 is 12.6 Å². The van der Waals surface area contributed by atoms with Crippen LogP contribution in [0.3, 0.4) is 0 Å². The molecule has 1 aliphatic heterocycles. The van der Waals surface area contributed by atoms with Gasteiger partial charge in [0.05, 0.1) is 12.9 Å². The summed E-state index contributed by atoms with van der Waals surface area (Å²) in [7, 11) is 0. The number of anilines is 1. The second-order valence-electron chi connectivity index (χ2n) is 7.11. The molecule has 8 N–H and O–H groups in total. The molecule has 0 amide bonds. The first-order valence-corrected chi connectivity index (χ1v) is 10.2. The quantitative estimate of drug-likeness (QED) is 0.0762. The maximum absolute atomic E-state index is 10.3. The van der Waals surface area contributed by atoms with Gasteiger partial charge in [-0.1, -0.05) is 12.8 Å². The summed E-state index contributed by atoms with van der Waals surface area (Å²) in [6.45, 7) is 0.948. The number of nitrogens with zero attached hydrogens (tertiary/aromatic N) is 4. The molecule has 2 aromatic heterocycles. The standard InChI is InChI=1S/C17H28N8O4S/c18-16(19)20-5-3-1-2-4-6-21-17-23-13-10(14(30)24-17)22-8-25(13)15-12(28)11(27)9(7-26)29-15/h8-9,11-12,15,26-28H,1-7H2,(H4,18,19,20)(H2,21,23,24,30)/t9-,11+,12?,15-/m1/s1. The van der Waals surface area contributed by atoms with E-state index in [9.17, 15) is 15.3 Å². The number of fused-ring (bicyclic) bond motifs is 1. The molecule has 166 valence electrons. The third-order valence-corrected chi connectivity index (χ3v) is 5.21. The Balaban J connectivity index is 1.60. The maximum atomic E-state index is 10.3. The molecule has 0 spiro atoms. The van der Waals surface area contributed by atoms with Gasteiger partial charge in [-0.2, -0.15) is 4.98 Å². The van der Waals surface area contributed by atoms with Crippen molar-refractivity contribution >= 4 is 35.7 Å². The Morgan fingerprint density at radius 1 is 1.20 bits per heavy atom. The van der Waals surface area contributed by atoms with E-state index >= 15 is 0 Å². The molecule has 0 saturated carbocycles. The van der Waals surface area contributed by atoms with E-state index in [1.165, 1.54) is 10.9 Å². The van der Waals surface area contributed by atoms with Crippen molar-refractivity contribution in [2.45, 2.75) is 55.2 Å². The first-order valence-electron chi connectivity index (χ1n) is 9.80. The van der Waals surface area contributed by atoms with E-state index in [4.69, 9.17) is 15.9 Å². The average Bonchev–Trinajstić information content (AvgIpc) is 3.25. The van der Waals surface area contributed by atoms with Gasteiger partial charge in [-0.3, -0.25) is 9.98 Å². The highest BCUT2D eigenvalue weighted by Crippen LogP contribution is 2.32. The first-order chi connectivity index (χ1) is 14.4. The lowest BCUT2D eigenvalue weighted by Crippen LogP contribution is -2.33. The van der Waals surface area contributed by atoms with Gasteiger partial charge in [0.1, 0.15) is 28.9 Å². The minimum Gasteiger partial charge on any atom is -0.394 e. The van der Waals surface area contributed by atoms with Crippen molar-refractivity contribution in [3.8, 4) is 0 Å². The van der Waals surface area contributed by atoms with Gasteiger partial charge in [0.2, 0.25) is 5.95 Å². The number of nitrogens with one attached hydrogen (secondary N) is 3. The van der Waals surface area contributed by atoms with Gasteiger partial charge in [0.15, 0.2) is 17.8 Å². The smallest absolute Gasteiger partial charge is 0.225 e. The third kappa shape index (κ3) is 5.10. The van der Waals surface area contributed by atoms with E-state index in [2.05, 4.69) is 38.2 Å². The molecule has 0 radical (unpaired) electrons. The fraction of sp³-hybridized carbons (Fsp3) is 0.647. The Labute approximate surface area is 178 Å². The first kappa shape index (κ1) is 22.5. The number of imidazole rings is 1. The van der Waals surface area contributed by atoms with Gasteiger partial charge in [0, 0.05) is 13.1 Å². The number of thiol groups is 1. The Morgan fingerprint density at radius 3 is 2.60 bits per heavy atom. The molecule has 1 aliphatic rings. The zero-order valence-electron chi connectivity index (χ0n) is 16.4. The highest BCUT2D eigenvalue weighted by Gasteiger charge is 2.44. The molecule has 4 atom stereocenters. The topological polar surface area (TPSA) is 187 Å².